The number of fused-ring (bicyclic) bond motifs is 2. The van der Waals surface area contributed by atoms with Crippen molar-refractivity contribution in [1.29, 1.82) is 0 Å². The minimum atomic E-state index is -0.171. The molecule has 0 aromatic heterocycles. The van der Waals surface area contributed by atoms with E-state index in [0.717, 1.165) is 19.3 Å². The lowest BCUT2D eigenvalue weighted by Gasteiger charge is -2.44. The lowest BCUT2D eigenvalue weighted by Crippen LogP contribution is -2.57. The maximum absolute atomic E-state index is 12.9. The van der Waals surface area contributed by atoms with Crippen molar-refractivity contribution in [3.05, 3.63) is 24.3 Å². The van der Waals surface area contributed by atoms with E-state index in [9.17, 15) is 9.59 Å². The number of benzene rings is 1. The Hall–Kier alpha value is -2.08. The van der Waals surface area contributed by atoms with Gasteiger partial charge < -0.3 is 14.4 Å². The highest BCUT2D eigenvalue weighted by Gasteiger charge is 2.38. The predicted octanol–water partition coefficient (Wildman–Crippen LogP) is 1.58. The van der Waals surface area contributed by atoms with Gasteiger partial charge in [-0.3, -0.25) is 14.5 Å². The van der Waals surface area contributed by atoms with Crippen molar-refractivity contribution in [2.24, 2.45) is 0 Å². The van der Waals surface area contributed by atoms with Crippen LogP contribution in [0.15, 0.2) is 24.3 Å². The van der Waals surface area contributed by atoms with Crippen molar-refractivity contribution >= 4 is 17.5 Å². The smallest absolute Gasteiger partial charge is 0.265 e. The zero-order valence-electron chi connectivity index (χ0n) is 13.6. The van der Waals surface area contributed by atoms with E-state index in [1.54, 1.807) is 4.90 Å². The van der Waals surface area contributed by atoms with Gasteiger partial charge in [-0.05, 0) is 25.0 Å². The van der Waals surface area contributed by atoms with Gasteiger partial charge in [-0.25, -0.2) is 0 Å². The third kappa shape index (κ3) is 2.75. The van der Waals surface area contributed by atoms with Gasteiger partial charge in [0.25, 0.3) is 5.91 Å². The van der Waals surface area contributed by atoms with Gasteiger partial charge in [0, 0.05) is 6.54 Å². The third-order valence-corrected chi connectivity index (χ3v) is 5.15. The molecule has 2 atom stereocenters. The molecule has 2 fully saturated rings. The molecule has 1 aromatic carbocycles. The maximum Gasteiger partial charge on any atom is 0.265 e. The van der Waals surface area contributed by atoms with E-state index in [4.69, 9.17) is 9.47 Å². The summed E-state index contributed by atoms with van der Waals surface area (Å²) >= 11 is 0. The molecule has 128 valence electrons. The number of amides is 2. The van der Waals surface area contributed by atoms with Gasteiger partial charge >= 0.3 is 0 Å². The summed E-state index contributed by atoms with van der Waals surface area (Å²) in [6.07, 6.45) is 4.47. The van der Waals surface area contributed by atoms with Crippen LogP contribution in [0, 0.1) is 0 Å². The standard InChI is InChI=1S/C18H22N2O4/c21-17(19-9-10-23-15-7-3-1-5-13(15)19)11-20-14-6-2-4-8-16(14)24-12-18(20)22/h2,4,6,8,13,15H,1,3,5,7,9-12H2/t13-,15+/m0/s1. The van der Waals surface area contributed by atoms with Crippen LogP contribution in [0.4, 0.5) is 5.69 Å². The van der Waals surface area contributed by atoms with E-state index in [-0.39, 0.29) is 37.1 Å². The molecule has 0 spiro atoms. The second kappa shape index (κ2) is 6.43. The fraction of sp³-hybridized carbons (Fsp3) is 0.556. The molecule has 0 unspecified atom stereocenters. The van der Waals surface area contributed by atoms with E-state index in [0.29, 0.717) is 24.6 Å². The van der Waals surface area contributed by atoms with Crippen molar-refractivity contribution in [3.63, 3.8) is 0 Å². The van der Waals surface area contributed by atoms with Crippen LogP contribution in [0.5, 0.6) is 5.75 Å². The average Bonchev–Trinajstić information content (AvgIpc) is 2.63. The number of hydrogen-bond donors (Lipinski definition) is 0. The largest absolute Gasteiger partial charge is 0.482 e. The number of carbonyl (C=O) groups is 2. The van der Waals surface area contributed by atoms with Crippen LogP contribution in [-0.2, 0) is 14.3 Å². The summed E-state index contributed by atoms with van der Waals surface area (Å²) in [7, 11) is 0. The summed E-state index contributed by atoms with van der Waals surface area (Å²) in [6.45, 7) is 1.25. The lowest BCUT2D eigenvalue weighted by molar-refractivity contribution is -0.148. The monoisotopic (exact) mass is 330 g/mol. The molecule has 2 aliphatic heterocycles. The molecule has 0 N–H and O–H groups in total. The molecule has 24 heavy (non-hydrogen) atoms. The Morgan fingerprint density at radius 3 is 2.96 bits per heavy atom. The van der Waals surface area contributed by atoms with Crippen LogP contribution in [0.3, 0.4) is 0 Å². The molecular weight excluding hydrogens is 308 g/mol. The number of carbonyl (C=O) groups excluding carboxylic acids is 2. The van der Waals surface area contributed by atoms with Crippen molar-refractivity contribution < 1.29 is 19.1 Å². The van der Waals surface area contributed by atoms with Gasteiger partial charge in [0.05, 0.1) is 24.4 Å². The van der Waals surface area contributed by atoms with Gasteiger partial charge in [-0.1, -0.05) is 25.0 Å². The number of ether oxygens (including phenoxy) is 2. The number of hydrogen-bond acceptors (Lipinski definition) is 4. The second-order valence-corrected chi connectivity index (χ2v) is 6.58. The minimum absolute atomic E-state index is 0.000234. The molecule has 2 heterocycles. The second-order valence-electron chi connectivity index (χ2n) is 6.58. The quantitative estimate of drug-likeness (QED) is 0.826. The summed E-state index contributed by atoms with van der Waals surface area (Å²) in [4.78, 5) is 28.7. The number of morpholine rings is 1. The first-order valence-electron chi connectivity index (χ1n) is 8.67. The van der Waals surface area contributed by atoms with Gasteiger partial charge in [0.2, 0.25) is 5.91 Å². The third-order valence-electron chi connectivity index (χ3n) is 5.15. The van der Waals surface area contributed by atoms with Gasteiger partial charge in [0.1, 0.15) is 12.3 Å². The van der Waals surface area contributed by atoms with Crippen molar-refractivity contribution in [1.82, 2.24) is 4.90 Å². The van der Waals surface area contributed by atoms with Crippen LogP contribution >= 0.6 is 0 Å². The number of rotatable bonds is 2. The van der Waals surface area contributed by atoms with E-state index < -0.39 is 0 Å². The number of anilines is 1. The fourth-order valence-electron chi connectivity index (χ4n) is 3.96. The van der Waals surface area contributed by atoms with Crippen LogP contribution in [-0.4, -0.2) is 55.2 Å². The summed E-state index contributed by atoms with van der Waals surface area (Å²) in [5, 5.41) is 0. The van der Waals surface area contributed by atoms with Crippen LogP contribution in [0.1, 0.15) is 25.7 Å². The Morgan fingerprint density at radius 1 is 1.21 bits per heavy atom. The highest BCUT2D eigenvalue weighted by atomic mass is 16.5. The van der Waals surface area contributed by atoms with Crippen LogP contribution < -0.4 is 9.64 Å². The Labute approximate surface area is 141 Å². The minimum Gasteiger partial charge on any atom is -0.482 e. The normalized spacial score (nSPS) is 26.4. The number of para-hydroxylation sites is 2. The lowest BCUT2D eigenvalue weighted by atomic mass is 9.90. The molecule has 2 amide bonds. The summed E-state index contributed by atoms with van der Waals surface area (Å²) < 4.78 is 11.3. The fourth-order valence-corrected chi connectivity index (χ4v) is 3.96. The Bertz CT molecular complexity index is 646. The first-order valence-corrected chi connectivity index (χ1v) is 8.67. The Morgan fingerprint density at radius 2 is 2.04 bits per heavy atom. The zero-order valence-corrected chi connectivity index (χ0v) is 13.6. The van der Waals surface area contributed by atoms with Gasteiger partial charge in [-0.2, -0.15) is 0 Å². The SMILES string of the molecule is O=C1COc2ccccc2N1CC(=O)N1CCO[C@@H]2CCCC[C@@H]21. The molecule has 3 aliphatic rings. The Kier molecular flexibility index (Phi) is 4.14. The average molecular weight is 330 g/mol. The zero-order chi connectivity index (χ0) is 16.5. The van der Waals surface area contributed by atoms with E-state index in [1.165, 1.54) is 6.42 Å². The van der Waals surface area contributed by atoms with E-state index >= 15 is 0 Å². The molecule has 6 heteroatoms. The maximum atomic E-state index is 12.9. The molecule has 1 aliphatic carbocycles. The molecule has 1 saturated carbocycles. The number of nitrogens with zero attached hydrogens (tertiary/aromatic N) is 2. The Balaban J connectivity index is 1.52. The highest BCUT2D eigenvalue weighted by molar-refractivity contribution is 6.02. The summed E-state index contributed by atoms with van der Waals surface area (Å²) in [6, 6.07) is 7.52. The molecule has 1 saturated heterocycles. The van der Waals surface area contributed by atoms with Crippen molar-refractivity contribution in [2.75, 3.05) is 31.2 Å². The van der Waals surface area contributed by atoms with Crippen molar-refractivity contribution in [2.45, 2.75) is 37.8 Å². The van der Waals surface area contributed by atoms with E-state index in [2.05, 4.69) is 0 Å². The molecule has 0 radical (unpaired) electrons. The first kappa shape index (κ1) is 15.4. The molecular formula is C18H22N2O4. The molecule has 0 bridgehead atoms. The molecule has 1 aromatic rings. The predicted molar refractivity (Wildman–Crippen MR) is 88.0 cm³/mol. The van der Waals surface area contributed by atoms with Crippen molar-refractivity contribution in [3.8, 4) is 5.75 Å². The first-order chi connectivity index (χ1) is 11.7. The molecule has 6 nitrogen and oxygen atoms in total. The van der Waals surface area contributed by atoms with E-state index in [1.807, 2.05) is 29.2 Å². The van der Waals surface area contributed by atoms with Gasteiger partial charge in [-0.15, -0.1) is 0 Å². The topological polar surface area (TPSA) is 59.1 Å². The molecule has 4 rings (SSSR count). The summed E-state index contributed by atoms with van der Waals surface area (Å²) in [5.74, 6) is 0.484. The van der Waals surface area contributed by atoms with Crippen LogP contribution in [0.25, 0.3) is 0 Å². The highest BCUT2D eigenvalue weighted by Crippen LogP contribution is 2.32. The van der Waals surface area contributed by atoms with Crippen LogP contribution in [0.2, 0.25) is 0 Å². The van der Waals surface area contributed by atoms with Gasteiger partial charge in [0.15, 0.2) is 6.61 Å². The summed E-state index contributed by atoms with van der Waals surface area (Å²) in [5.41, 5.74) is 0.676.